The fourth-order valence-corrected chi connectivity index (χ4v) is 3.31. The van der Waals surface area contributed by atoms with Crippen molar-refractivity contribution >= 4 is 22.8 Å². The Hall–Kier alpha value is -3.21. The van der Waals surface area contributed by atoms with E-state index in [1.807, 2.05) is 30.3 Å². The fourth-order valence-electron chi connectivity index (χ4n) is 3.31. The number of rotatable bonds is 2. The van der Waals surface area contributed by atoms with E-state index in [-0.39, 0.29) is 11.5 Å². The van der Waals surface area contributed by atoms with E-state index in [1.165, 1.54) is 0 Å². The number of amides is 1. The maximum atomic E-state index is 13.0. The van der Waals surface area contributed by atoms with E-state index in [9.17, 15) is 9.59 Å². The van der Waals surface area contributed by atoms with E-state index in [0.717, 1.165) is 22.9 Å². The first-order valence-electron chi connectivity index (χ1n) is 8.11. The van der Waals surface area contributed by atoms with E-state index in [0.29, 0.717) is 24.2 Å². The number of para-hydroxylation sites is 1. The van der Waals surface area contributed by atoms with Crippen LogP contribution in [0.1, 0.15) is 31.8 Å². The van der Waals surface area contributed by atoms with Gasteiger partial charge in [-0.15, -0.1) is 0 Å². The minimum Gasteiger partial charge on any atom is -0.478 e. The van der Waals surface area contributed by atoms with Gasteiger partial charge in [0.25, 0.3) is 5.91 Å². The van der Waals surface area contributed by atoms with Gasteiger partial charge in [-0.25, -0.2) is 4.79 Å². The Morgan fingerprint density at radius 1 is 1.04 bits per heavy atom. The molecule has 0 spiro atoms. The van der Waals surface area contributed by atoms with Gasteiger partial charge in [0.15, 0.2) is 0 Å². The van der Waals surface area contributed by atoms with Gasteiger partial charge in [0, 0.05) is 24.7 Å². The number of carboxylic acid groups (broad SMARTS) is 1. The second-order valence-corrected chi connectivity index (χ2v) is 6.15. The Balaban J connectivity index is 1.68. The molecule has 1 aliphatic heterocycles. The van der Waals surface area contributed by atoms with Gasteiger partial charge in [0.1, 0.15) is 0 Å². The molecule has 0 bridgehead atoms. The first-order valence-corrected chi connectivity index (χ1v) is 8.11. The number of hydrogen-bond acceptors (Lipinski definition) is 3. The van der Waals surface area contributed by atoms with Crippen LogP contribution < -0.4 is 0 Å². The normalized spacial score (nSPS) is 13.5. The van der Waals surface area contributed by atoms with Crippen molar-refractivity contribution in [3.05, 3.63) is 77.0 Å². The van der Waals surface area contributed by atoms with E-state index in [2.05, 4.69) is 4.98 Å². The van der Waals surface area contributed by atoms with Crippen LogP contribution in [0.5, 0.6) is 0 Å². The Kier molecular flexibility index (Phi) is 3.69. The van der Waals surface area contributed by atoms with Crippen LogP contribution >= 0.6 is 0 Å². The molecule has 25 heavy (non-hydrogen) atoms. The zero-order valence-electron chi connectivity index (χ0n) is 13.5. The summed E-state index contributed by atoms with van der Waals surface area (Å²) in [5.74, 6) is -1.03. The minimum absolute atomic E-state index is 0.0734. The molecule has 124 valence electrons. The monoisotopic (exact) mass is 332 g/mol. The van der Waals surface area contributed by atoms with Gasteiger partial charge in [-0.2, -0.15) is 0 Å². The third kappa shape index (κ3) is 2.74. The highest BCUT2D eigenvalue weighted by molar-refractivity contribution is 6.05. The number of hydrogen-bond donors (Lipinski definition) is 1. The number of aromatic nitrogens is 1. The molecular formula is C20H16N2O3. The Bertz CT molecular complexity index is 992. The average molecular weight is 332 g/mol. The molecular weight excluding hydrogens is 316 g/mol. The summed E-state index contributed by atoms with van der Waals surface area (Å²) < 4.78 is 0. The summed E-state index contributed by atoms with van der Waals surface area (Å²) in [6.45, 7) is 1.03. The van der Waals surface area contributed by atoms with E-state index >= 15 is 0 Å². The number of fused-ring (bicyclic) bond motifs is 2. The standard InChI is InChI=1S/C20H16N2O3/c23-19(17-5-1-3-14-4-2-9-21-18(14)17)22-10-8-13-6-7-15(20(24)25)11-16(13)12-22/h1-7,9,11H,8,10,12H2,(H,24,25). The van der Waals surface area contributed by atoms with Gasteiger partial charge in [0.2, 0.25) is 0 Å². The smallest absolute Gasteiger partial charge is 0.335 e. The number of pyridine rings is 1. The molecule has 0 aliphatic carbocycles. The lowest BCUT2D eigenvalue weighted by Crippen LogP contribution is -2.36. The summed E-state index contributed by atoms with van der Waals surface area (Å²) in [7, 11) is 0. The lowest BCUT2D eigenvalue weighted by molar-refractivity contribution is 0.0696. The summed E-state index contributed by atoms with van der Waals surface area (Å²) in [6.07, 6.45) is 2.41. The summed E-state index contributed by atoms with van der Waals surface area (Å²) >= 11 is 0. The Morgan fingerprint density at radius 2 is 1.88 bits per heavy atom. The minimum atomic E-state index is -0.954. The van der Waals surface area contributed by atoms with E-state index in [4.69, 9.17) is 5.11 Å². The van der Waals surface area contributed by atoms with Gasteiger partial charge < -0.3 is 10.0 Å². The van der Waals surface area contributed by atoms with Crippen molar-refractivity contribution in [2.24, 2.45) is 0 Å². The van der Waals surface area contributed by atoms with Gasteiger partial charge in [-0.05, 0) is 41.8 Å². The summed E-state index contributed by atoms with van der Waals surface area (Å²) in [5.41, 5.74) is 3.52. The van der Waals surface area contributed by atoms with Crippen LogP contribution in [0.3, 0.4) is 0 Å². The second-order valence-electron chi connectivity index (χ2n) is 6.15. The largest absolute Gasteiger partial charge is 0.478 e. The van der Waals surface area contributed by atoms with Crippen LogP contribution in [0.25, 0.3) is 10.9 Å². The third-order valence-corrected chi connectivity index (χ3v) is 4.62. The number of aromatic carboxylic acids is 1. The zero-order valence-corrected chi connectivity index (χ0v) is 13.5. The molecule has 1 amide bonds. The molecule has 5 heteroatoms. The molecule has 0 fully saturated rings. The summed E-state index contributed by atoms with van der Waals surface area (Å²) in [6, 6.07) is 14.5. The lowest BCUT2D eigenvalue weighted by Gasteiger charge is -2.29. The van der Waals surface area contributed by atoms with Gasteiger partial charge in [0.05, 0.1) is 16.6 Å². The van der Waals surface area contributed by atoms with Crippen LogP contribution in [0.4, 0.5) is 0 Å². The molecule has 2 aromatic carbocycles. The van der Waals surface area contributed by atoms with Crippen molar-refractivity contribution in [3.8, 4) is 0 Å². The summed E-state index contributed by atoms with van der Waals surface area (Å²) in [5, 5.41) is 10.1. The lowest BCUT2D eigenvalue weighted by atomic mass is 9.96. The van der Waals surface area contributed by atoms with E-state index < -0.39 is 5.97 Å². The maximum Gasteiger partial charge on any atom is 0.335 e. The molecule has 0 atom stereocenters. The van der Waals surface area contributed by atoms with Crippen LogP contribution in [0, 0.1) is 0 Å². The average Bonchev–Trinajstić information content (AvgIpc) is 2.66. The molecule has 1 N–H and O–H groups in total. The molecule has 1 aliphatic rings. The van der Waals surface area contributed by atoms with Crippen LogP contribution in [-0.2, 0) is 13.0 Å². The van der Waals surface area contributed by atoms with Gasteiger partial charge >= 0.3 is 5.97 Å². The van der Waals surface area contributed by atoms with Crippen molar-refractivity contribution in [1.29, 1.82) is 0 Å². The Labute approximate surface area is 144 Å². The molecule has 0 radical (unpaired) electrons. The molecule has 1 aromatic heterocycles. The number of carboxylic acids is 1. The number of carbonyl (C=O) groups excluding carboxylic acids is 1. The van der Waals surface area contributed by atoms with Gasteiger partial charge in [-0.3, -0.25) is 9.78 Å². The van der Waals surface area contributed by atoms with Crippen molar-refractivity contribution in [1.82, 2.24) is 9.88 Å². The zero-order chi connectivity index (χ0) is 17.4. The molecule has 0 unspecified atom stereocenters. The van der Waals surface area contributed by atoms with Crippen molar-refractivity contribution < 1.29 is 14.7 Å². The molecule has 2 heterocycles. The topological polar surface area (TPSA) is 70.5 Å². The quantitative estimate of drug-likeness (QED) is 0.783. The first kappa shape index (κ1) is 15.3. The number of carbonyl (C=O) groups is 2. The van der Waals surface area contributed by atoms with Crippen molar-refractivity contribution in [2.75, 3.05) is 6.54 Å². The molecule has 5 nitrogen and oxygen atoms in total. The first-order chi connectivity index (χ1) is 12.1. The van der Waals surface area contributed by atoms with Crippen LogP contribution in [-0.4, -0.2) is 33.4 Å². The predicted octanol–water partition coefficient (Wildman–Crippen LogP) is 3.13. The predicted molar refractivity (Wildman–Crippen MR) is 93.6 cm³/mol. The summed E-state index contributed by atoms with van der Waals surface area (Å²) in [4.78, 5) is 30.3. The highest BCUT2D eigenvalue weighted by Crippen LogP contribution is 2.24. The fraction of sp³-hybridized carbons (Fsp3) is 0.150. The van der Waals surface area contributed by atoms with Crippen LogP contribution in [0.15, 0.2) is 54.7 Å². The van der Waals surface area contributed by atoms with E-state index in [1.54, 1.807) is 29.3 Å². The maximum absolute atomic E-state index is 13.0. The van der Waals surface area contributed by atoms with Gasteiger partial charge in [-0.1, -0.05) is 24.3 Å². The highest BCUT2D eigenvalue weighted by Gasteiger charge is 2.24. The number of nitrogens with zero attached hydrogens (tertiary/aromatic N) is 2. The number of benzene rings is 2. The van der Waals surface area contributed by atoms with Crippen molar-refractivity contribution in [2.45, 2.75) is 13.0 Å². The van der Waals surface area contributed by atoms with Crippen molar-refractivity contribution in [3.63, 3.8) is 0 Å². The molecule has 0 saturated carbocycles. The SMILES string of the molecule is O=C(O)c1ccc2c(c1)CN(C(=O)c1cccc3cccnc13)CC2. The third-order valence-electron chi connectivity index (χ3n) is 4.62. The molecule has 4 rings (SSSR count). The second kappa shape index (κ2) is 6.02. The highest BCUT2D eigenvalue weighted by atomic mass is 16.4. The van der Waals surface area contributed by atoms with Crippen LogP contribution in [0.2, 0.25) is 0 Å². The molecule has 0 saturated heterocycles. The molecule has 3 aromatic rings. The Morgan fingerprint density at radius 3 is 2.72 bits per heavy atom.